The van der Waals surface area contributed by atoms with Crippen LogP contribution in [-0.4, -0.2) is 23.4 Å². The maximum atomic E-state index is 13.6. The molecule has 3 nitrogen and oxygen atoms in total. The molecular weight excluding hydrogens is 334 g/mol. The van der Waals surface area contributed by atoms with Gasteiger partial charge in [-0.25, -0.2) is 8.78 Å². The van der Waals surface area contributed by atoms with Crippen molar-refractivity contribution in [3.63, 3.8) is 0 Å². The van der Waals surface area contributed by atoms with E-state index in [1.54, 1.807) is 0 Å². The second-order valence-corrected chi connectivity index (χ2v) is 6.37. The highest BCUT2D eigenvalue weighted by molar-refractivity contribution is 6.30. The number of halogens is 3. The topological polar surface area (TPSA) is 32.3 Å². The Balaban J connectivity index is 1.62. The van der Waals surface area contributed by atoms with Gasteiger partial charge < -0.3 is 5.32 Å². The standard InChI is InChI=1S/C18H17ClF2N2O/c19-13-3-1-12(2-4-13)10-23(15-6-7-15)11-18(24)22-17-8-5-14(20)9-16(17)21/h1-5,8-9,15H,6-7,10-11H2,(H,22,24). The largest absolute Gasteiger partial charge is 0.322 e. The minimum Gasteiger partial charge on any atom is -0.322 e. The highest BCUT2D eigenvalue weighted by Gasteiger charge is 2.30. The molecule has 2 aromatic carbocycles. The molecule has 0 unspecified atom stereocenters. The Hall–Kier alpha value is -1.98. The zero-order chi connectivity index (χ0) is 17.1. The summed E-state index contributed by atoms with van der Waals surface area (Å²) in [6, 6.07) is 10.9. The average molecular weight is 351 g/mol. The molecule has 1 aliphatic carbocycles. The lowest BCUT2D eigenvalue weighted by Crippen LogP contribution is -2.34. The Morgan fingerprint density at radius 1 is 1.17 bits per heavy atom. The second kappa shape index (κ2) is 7.28. The number of rotatable bonds is 6. The summed E-state index contributed by atoms with van der Waals surface area (Å²) in [5.41, 5.74) is 1.05. The van der Waals surface area contributed by atoms with Crippen LogP contribution in [0.2, 0.25) is 5.02 Å². The summed E-state index contributed by atoms with van der Waals surface area (Å²) in [7, 11) is 0. The number of carbonyl (C=O) groups is 1. The first-order valence-electron chi connectivity index (χ1n) is 7.74. The summed E-state index contributed by atoms with van der Waals surface area (Å²) in [5, 5.41) is 3.17. The molecule has 0 saturated heterocycles. The number of hydrogen-bond acceptors (Lipinski definition) is 2. The molecule has 0 aromatic heterocycles. The first kappa shape index (κ1) is 16.9. The van der Waals surface area contributed by atoms with Crippen LogP contribution in [0.5, 0.6) is 0 Å². The van der Waals surface area contributed by atoms with Gasteiger partial charge >= 0.3 is 0 Å². The zero-order valence-corrected chi connectivity index (χ0v) is 13.7. The number of benzene rings is 2. The molecule has 24 heavy (non-hydrogen) atoms. The molecule has 0 atom stereocenters. The maximum Gasteiger partial charge on any atom is 0.238 e. The van der Waals surface area contributed by atoms with E-state index in [-0.39, 0.29) is 18.1 Å². The van der Waals surface area contributed by atoms with Crippen molar-refractivity contribution >= 4 is 23.2 Å². The summed E-state index contributed by atoms with van der Waals surface area (Å²) < 4.78 is 26.5. The van der Waals surface area contributed by atoms with E-state index in [0.717, 1.165) is 30.5 Å². The van der Waals surface area contributed by atoms with Crippen LogP contribution in [0, 0.1) is 11.6 Å². The van der Waals surface area contributed by atoms with Crippen molar-refractivity contribution in [1.29, 1.82) is 0 Å². The Labute approximate surface area is 144 Å². The van der Waals surface area contributed by atoms with Crippen LogP contribution >= 0.6 is 11.6 Å². The molecule has 126 valence electrons. The second-order valence-electron chi connectivity index (χ2n) is 5.93. The number of amides is 1. The van der Waals surface area contributed by atoms with Crippen LogP contribution in [0.15, 0.2) is 42.5 Å². The van der Waals surface area contributed by atoms with Gasteiger partial charge in [0.2, 0.25) is 5.91 Å². The minimum absolute atomic E-state index is 0.0105. The number of carbonyl (C=O) groups excluding carboxylic acids is 1. The fourth-order valence-corrected chi connectivity index (χ4v) is 2.67. The summed E-state index contributed by atoms with van der Waals surface area (Å²) in [6.07, 6.45) is 2.09. The fraction of sp³-hybridized carbons (Fsp3) is 0.278. The Bertz CT molecular complexity index is 732. The van der Waals surface area contributed by atoms with Crippen LogP contribution < -0.4 is 5.32 Å². The van der Waals surface area contributed by atoms with Gasteiger partial charge in [0.15, 0.2) is 0 Å². The van der Waals surface area contributed by atoms with Gasteiger partial charge in [-0.2, -0.15) is 0 Å². The fourth-order valence-electron chi connectivity index (χ4n) is 2.54. The van der Waals surface area contributed by atoms with E-state index in [2.05, 4.69) is 10.2 Å². The Morgan fingerprint density at radius 2 is 1.88 bits per heavy atom. The molecule has 1 aliphatic rings. The summed E-state index contributed by atoms with van der Waals surface area (Å²) >= 11 is 5.88. The molecule has 0 heterocycles. The predicted molar refractivity (Wildman–Crippen MR) is 89.9 cm³/mol. The van der Waals surface area contributed by atoms with E-state index < -0.39 is 11.6 Å². The third-order valence-corrected chi connectivity index (χ3v) is 4.17. The van der Waals surface area contributed by atoms with Gasteiger partial charge in [-0.05, 0) is 42.7 Å². The van der Waals surface area contributed by atoms with Gasteiger partial charge in [-0.3, -0.25) is 9.69 Å². The molecule has 1 fully saturated rings. The van der Waals surface area contributed by atoms with Crippen LogP contribution in [0.3, 0.4) is 0 Å². The monoisotopic (exact) mass is 350 g/mol. The molecule has 6 heteroatoms. The van der Waals surface area contributed by atoms with Gasteiger partial charge in [-0.15, -0.1) is 0 Å². The van der Waals surface area contributed by atoms with E-state index in [4.69, 9.17) is 11.6 Å². The number of anilines is 1. The van der Waals surface area contributed by atoms with Gasteiger partial charge in [-0.1, -0.05) is 23.7 Å². The first-order valence-corrected chi connectivity index (χ1v) is 8.12. The molecule has 0 aliphatic heterocycles. The lowest BCUT2D eigenvalue weighted by atomic mass is 10.2. The van der Waals surface area contributed by atoms with Crippen molar-refractivity contribution in [2.45, 2.75) is 25.4 Å². The summed E-state index contributed by atoms with van der Waals surface area (Å²) in [6.45, 7) is 0.783. The number of nitrogens with one attached hydrogen (secondary N) is 1. The number of hydrogen-bond donors (Lipinski definition) is 1. The molecule has 0 spiro atoms. The average Bonchev–Trinajstić information content (AvgIpc) is 3.36. The molecule has 0 radical (unpaired) electrons. The van der Waals surface area contributed by atoms with E-state index >= 15 is 0 Å². The van der Waals surface area contributed by atoms with E-state index in [1.165, 1.54) is 6.07 Å². The van der Waals surface area contributed by atoms with E-state index in [9.17, 15) is 13.6 Å². The van der Waals surface area contributed by atoms with Gasteiger partial charge in [0, 0.05) is 23.7 Å². The SMILES string of the molecule is O=C(CN(Cc1ccc(Cl)cc1)C1CC1)Nc1ccc(F)cc1F. The van der Waals surface area contributed by atoms with E-state index in [0.29, 0.717) is 17.6 Å². The van der Waals surface area contributed by atoms with Crippen molar-refractivity contribution in [2.24, 2.45) is 0 Å². The van der Waals surface area contributed by atoms with E-state index in [1.807, 2.05) is 24.3 Å². The van der Waals surface area contributed by atoms with Gasteiger partial charge in [0.05, 0.1) is 12.2 Å². The van der Waals surface area contributed by atoms with Gasteiger partial charge in [0.25, 0.3) is 0 Å². The van der Waals surface area contributed by atoms with Crippen molar-refractivity contribution in [3.05, 3.63) is 64.7 Å². The molecule has 1 N–H and O–H groups in total. The number of nitrogens with zero attached hydrogens (tertiary/aromatic N) is 1. The molecule has 2 aromatic rings. The Morgan fingerprint density at radius 3 is 2.50 bits per heavy atom. The van der Waals surface area contributed by atoms with Crippen LogP contribution in [0.4, 0.5) is 14.5 Å². The lowest BCUT2D eigenvalue weighted by molar-refractivity contribution is -0.117. The minimum atomic E-state index is -0.779. The van der Waals surface area contributed by atoms with Crippen LogP contribution in [-0.2, 0) is 11.3 Å². The normalized spacial score (nSPS) is 14.0. The van der Waals surface area contributed by atoms with Crippen molar-refractivity contribution in [1.82, 2.24) is 4.90 Å². The third-order valence-electron chi connectivity index (χ3n) is 3.91. The highest BCUT2D eigenvalue weighted by atomic mass is 35.5. The first-order chi connectivity index (χ1) is 11.5. The Kier molecular flexibility index (Phi) is 5.11. The van der Waals surface area contributed by atoms with Crippen LogP contribution in [0.25, 0.3) is 0 Å². The quantitative estimate of drug-likeness (QED) is 0.846. The molecule has 0 bridgehead atoms. The lowest BCUT2D eigenvalue weighted by Gasteiger charge is -2.21. The van der Waals surface area contributed by atoms with Crippen molar-refractivity contribution in [2.75, 3.05) is 11.9 Å². The zero-order valence-electron chi connectivity index (χ0n) is 12.9. The third kappa shape index (κ3) is 4.52. The smallest absolute Gasteiger partial charge is 0.238 e. The van der Waals surface area contributed by atoms with Gasteiger partial charge in [0.1, 0.15) is 11.6 Å². The van der Waals surface area contributed by atoms with Crippen molar-refractivity contribution in [3.8, 4) is 0 Å². The maximum absolute atomic E-state index is 13.6. The molecule has 1 saturated carbocycles. The summed E-state index contributed by atoms with van der Waals surface area (Å²) in [4.78, 5) is 14.3. The highest BCUT2D eigenvalue weighted by Crippen LogP contribution is 2.28. The molecular formula is C18H17ClF2N2O. The van der Waals surface area contributed by atoms with Crippen molar-refractivity contribution < 1.29 is 13.6 Å². The molecule has 3 rings (SSSR count). The summed E-state index contributed by atoms with van der Waals surface area (Å²) in [5.74, 6) is -1.77. The van der Waals surface area contributed by atoms with Crippen LogP contribution in [0.1, 0.15) is 18.4 Å². The molecule has 1 amide bonds. The predicted octanol–water partition coefficient (Wildman–Crippen LogP) is 4.22.